The van der Waals surface area contributed by atoms with Gasteiger partial charge in [-0.05, 0) is 111 Å². The van der Waals surface area contributed by atoms with Gasteiger partial charge in [0.25, 0.3) is 0 Å². The highest BCUT2D eigenvalue weighted by atomic mass is 32.1. The zero-order chi connectivity index (χ0) is 40.3. The van der Waals surface area contributed by atoms with Crippen LogP contribution in [-0.2, 0) is 0 Å². The van der Waals surface area contributed by atoms with E-state index in [2.05, 4.69) is 217 Å². The van der Waals surface area contributed by atoms with E-state index in [1.54, 1.807) is 0 Å². The van der Waals surface area contributed by atoms with Crippen LogP contribution in [0.15, 0.2) is 229 Å². The van der Waals surface area contributed by atoms with E-state index < -0.39 is 0 Å². The van der Waals surface area contributed by atoms with Crippen LogP contribution in [0.5, 0.6) is 0 Å². The summed E-state index contributed by atoms with van der Waals surface area (Å²) in [5.41, 5.74) is 14.6. The van der Waals surface area contributed by atoms with Crippen molar-refractivity contribution in [2.45, 2.75) is 0 Å². The van der Waals surface area contributed by atoms with Gasteiger partial charge in [-0.2, -0.15) is 0 Å². The van der Waals surface area contributed by atoms with Crippen molar-refractivity contribution in [3.8, 4) is 44.5 Å². The molecule has 0 amide bonds. The Balaban J connectivity index is 0.966. The third-order valence-corrected chi connectivity index (χ3v) is 13.3. The van der Waals surface area contributed by atoms with Gasteiger partial charge in [-0.25, -0.2) is 0 Å². The zero-order valence-electron chi connectivity index (χ0n) is 33.1. The number of hydrogen-bond donors (Lipinski definition) is 0. The average Bonchev–Trinajstić information content (AvgIpc) is 3.91. The Morgan fingerprint density at radius 3 is 1.70 bits per heavy atom. The van der Waals surface area contributed by atoms with Crippen molar-refractivity contribution in [2.75, 3.05) is 4.90 Å². The molecule has 3 heteroatoms. The van der Waals surface area contributed by atoms with E-state index in [0.29, 0.717) is 0 Å². The predicted octanol–water partition coefficient (Wildman–Crippen LogP) is 17.2. The fourth-order valence-electron chi connectivity index (χ4n) is 9.04. The zero-order valence-corrected chi connectivity index (χ0v) is 33.9. The fourth-order valence-corrected chi connectivity index (χ4v) is 10.3. The third-order valence-electron chi connectivity index (χ3n) is 12.1. The molecule has 0 aliphatic rings. The number of benzene rings is 10. The molecule has 61 heavy (non-hydrogen) atoms. The Morgan fingerprint density at radius 2 is 0.885 bits per heavy atom. The van der Waals surface area contributed by atoms with Crippen molar-refractivity contribution in [3.63, 3.8) is 0 Å². The molecule has 0 fully saturated rings. The monoisotopic (exact) mass is 795 g/mol. The maximum atomic E-state index is 6.15. The molecule has 0 atom stereocenters. The van der Waals surface area contributed by atoms with Gasteiger partial charge in [0, 0.05) is 53.4 Å². The first-order chi connectivity index (χ1) is 30.2. The molecule has 2 heterocycles. The molecule has 2 nitrogen and oxygen atoms in total. The van der Waals surface area contributed by atoms with E-state index in [-0.39, 0.29) is 0 Å². The number of nitrogens with zero attached hydrogens (tertiary/aromatic N) is 1. The van der Waals surface area contributed by atoms with E-state index in [1.807, 2.05) is 23.5 Å². The second-order valence-electron chi connectivity index (χ2n) is 15.7. The SMILES string of the molecule is c1cc(-c2ccc(N(c3ccc(-c4ccc5oc6ccccc6c5c4)cc3)c3ccccc3-c3cccc4c3sc3ccccc34)cc2)cc(-c2ccc3ccccc3c2)c1. The highest BCUT2D eigenvalue weighted by Gasteiger charge is 2.20. The summed E-state index contributed by atoms with van der Waals surface area (Å²) >= 11 is 1.87. The molecule has 0 bridgehead atoms. The number of anilines is 3. The van der Waals surface area contributed by atoms with E-state index in [1.165, 1.54) is 64.3 Å². The van der Waals surface area contributed by atoms with Crippen molar-refractivity contribution in [3.05, 3.63) is 224 Å². The number of para-hydroxylation sites is 2. The number of thiophene rings is 1. The molecule has 0 radical (unpaired) electrons. The average molecular weight is 796 g/mol. The summed E-state index contributed by atoms with van der Waals surface area (Å²) in [4.78, 5) is 2.41. The molecular formula is C58H37NOS. The summed E-state index contributed by atoms with van der Waals surface area (Å²) in [6.45, 7) is 0. The molecular weight excluding hydrogens is 759 g/mol. The quantitative estimate of drug-likeness (QED) is 0.160. The van der Waals surface area contributed by atoms with Crippen LogP contribution < -0.4 is 4.90 Å². The smallest absolute Gasteiger partial charge is 0.135 e. The lowest BCUT2D eigenvalue weighted by Gasteiger charge is -2.28. The molecule has 2 aromatic heterocycles. The lowest BCUT2D eigenvalue weighted by Crippen LogP contribution is -2.11. The lowest BCUT2D eigenvalue weighted by atomic mass is 9.97. The highest BCUT2D eigenvalue weighted by molar-refractivity contribution is 7.26. The Labute approximate surface area is 357 Å². The molecule has 286 valence electrons. The van der Waals surface area contributed by atoms with E-state index in [0.717, 1.165) is 50.1 Å². The number of hydrogen-bond acceptors (Lipinski definition) is 3. The molecule has 12 aromatic rings. The van der Waals surface area contributed by atoms with E-state index >= 15 is 0 Å². The minimum absolute atomic E-state index is 0.905. The Hall–Kier alpha value is -7.72. The van der Waals surface area contributed by atoms with Gasteiger partial charge in [-0.15, -0.1) is 11.3 Å². The summed E-state index contributed by atoms with van der Waals surface area (Å²) in [5.74, 6) is 0. The van der Waals surface area contributed by atoms with E-state index in [4.69, 9.17) is 4.42 Å². The highest BCUT2D eigenvalue weighted by Crippen LogP contribution is 2.46. The summed E-state index contributed by atoms with van der Waals surface area (Å²) in [6.07, 6.45) is 0. The summed E-state index contributed by atoms with van der Waals surface area (Å²) in [7, 11) is 0. The second kappa shape index (κ2) is 14.5. The first-order valence-electron chi connectivity index (χ1n) is 20.7. The largest absolute Gasteiger partial charge is 0.456 e. The third kappa shape index (κ3) is 6.18. The molecule has 12 rings (SSSR count). The topological polar surface area (TPSA) is 16.4 Å². The predicted molar refractivity (Wildman–Crippen MR) is 261 cm³/mol. The van der Waals surface area contributed by atoms with Crippen molar-refractivity contribution in [1.29, 1.82) is 0 Å². The first kappa shape index (κ1) is 35.2. The van der Waals surface area contributed by atoms with Crippen molar-refractivity contribution >= 4 is 81.3 Å². The normalized spacial score (nSPS) is 11.6. The first-order valence-corrected chi connectivity index (χ1v) is 21.5. The Kier molecular flexibility index (Phi) is 8.39. The molecule has 0 saturated heterocycles. The van der Waals surface area contributed by atoms with Gasteiger partial charge in [-0.1, -0.05) is 158 Å². The standard InChI is InChI=1S/C58H37NOS/c1-2-12-41-36-44(24-23-38(41)11-1)43-14-9-13-42(35-43)39-25-30-46(31-26-39)59(47-32-27-40(28-33-47)45-29-34-56-53(37-45)49-16-4-7-21-55(49)60-56)54-20-6-3-15-48(54)51-18-10-19-52-50-17-5-8-22-57(50)61-58(51)52/h1-37H. The maximum absolute atomic E-state index is 6.15. The van der Waals surface area contributed by atoms with Gasteiger partial charge in [-0.3, -0.25) is 0 Å². The summed E-state index contributed by atoms with van der Waals surface area (Å²) in [6, 6.07) is 81.3. The molecule has 0 saturated carbocycles. The number of furan rings is 1. The van der Waals surface area contributed by atoms with Crippen LogP contribution in [0.1, 0.15) is 0 Å². The van der Waals surface area contributed by atoms with Crippen LogP contribution in [0.3, 0.4) is 0 Å². The molecule has 0 spiro atoms. The van der Waals surface area contributed by atoms with Crippen molar-refractivity contribution in [1.82, 2.24) is 0 Å². The molecule has 0 aliphatic heterocycles. The Morgan fingerprint density at radius 1 is 0.328 bits per heavy atom. The lowest BCUT2D eigenvalue weighted by molar-refractivity contribution is 0.669. The van der Waals surface area contributed by atoms with Crippen LogP contribution in [0, 0.1) is 0 Å². The van der Waals surface area contributed by atoms with Crippen molar-refractivity contribution < 1.29 is 4.42 Å². The van der Waals surface area contributed by atoms with Crippen LogP contribution in [0.4, 0.5) is 17.1 Å². The van der Waals surface area contributed by atoms with Gasteiger partial charge in [0.15, 0.2) is 0 Å². The molecule has 10 aromatic carbocycles. The van der Waals surface area contributed by atoms with Gasteiger partial charge in [0.2, 0.25) is 0 Å². The van der Waals surface area contributed by atoms with Crippen LogP contribution in [-0.4, -0.2) is 0 Å². The van der Waals surface area contributed by atoms with Crippen LogP contribution in [0.25, 0.3) is 97.4 Å². The molecule has 0 unspecified atom stereocenters. The number of fused-ring (bicyclic) bond motifs is 7. The minimum Gasteiger partial charge on any atom is -0.456 e. The molecule has 0 aliphatic carbocycles. The summed E-state index contributed by atoms with van der Waals surface area (Å²) < 4.78 is 8.76. The fraction of sp³-hybridized carbons (Fsp3) is 0. The summed E-state index contributed by atoms with van der Waals surface area (Å²) in [5, 5.41) is 7.36. The van der Waals surface area contributed by atoms with Gasteiger partial charge >= 0.3 is 0 Å². The van der Waals surface area contributed by atoms with Gasteiger partial charge in [0.1, 0.15) is 11.2 Å². The van der Waals surface area contributed by atoms with Gasteiger partial charge in [0.05, 0.1) is 5.69 Å². The molecule has 0 N–H and O–H groups in total. The second-order valence-corrected chi connectivity index (χ2v) is 16.7. The van der Waals surface area contributed by atoms with Crippen LogP contribution >= 0.6 is 11.3 Å². The van der Waals surface area contributed by atoms with Crippen molar-refractivity contribution in [2.24, 2.45) is 0 Å². The Bertz CT molecular complexity index is 3590. The number of rotatable bonds is 7. The van der Waals surface area contributed by atoms with Crippen LogP contribution in [0.2, 0.25) is 0 Å². The minimum atomic E-state index is 0.905. The van der Waals surface area contributed by atoms with Gasteiger partial charge < -0.3 is 9.32 Å². The van der Waals surface area contributed by atoms with E-state index in [9.17, 15) is 0 Å². The maximum Gasteiger partial charge on any atom is 0.135 e.